The van der Waals surface area contributed by atoms with Gasteiger partial charge >= 0.3 is 0 Å². The highest BCUT2D eigenvalue weighted by Crippen LogP contribution is 2.41. The van der Waals surface area contributed by atoms with Gasteiger partial charge < -0.3 is 9.73 Å². The van der Waals surface area contributed by atoms with Crippen molar-refractivity contribution in [3.8, 4) is 22.6 Å². The molecule has 11 heteroatoms. The van der Waals surface area contributed by atoms with Crippen molar-refractivity contribution in [1.29, 1.82) is 0 Å². The van der Waals surface area contributed by atoms with E-state index < -0.39 is 10.0 Å². The predicted octanol–water partition coefficient (Wildman–Crippen LogP) is 6.32. The third-order valence-electron chi connectivity index (χ3n) is 7.95. The monoisotopic (exact) mass is 607 g/mol. The number of aromatic nitrogens is 3. The van der Waals surface area contributed by atoms with E-state index in [1.54, 1.807) is 60.2 Å². The summed E-state index contributed by atoms with van der Waals surface area (Å²) in [6.07, 6.45) is 2.74. The summed E-state index contributed by atoms with van der Waals surface area (Å²) >= 11 is 0. The van der Waals surface area contributed by atoms with Gasteiger partial charge in [-0.05, 0) is 43.3 Å². The van der Waals surface area contributed by atoms with Crippen molar-refractivity contribution in [2.75, 3.05) is 24.7 Å². The first-order valence-electron chi connectivity index (χ1n) is 13.7. The summed E-state index contributed by atoms with van der Waals surface area (Å²) in [5.41, 5.74) is 6.00. The number of nitrogens with one attached hydrogen (secondary N) is 1. The van der Waals surface area contributed by atoms with Gasteiger partial charge in [-0.1, -0.05) is 35.9 Å². The van der Waals surface area contributed by atoms with Crippen LogP contribution in [0.5, 0.6) is 0 Å². The van der Waals surface area contributed by atoms with Crippen molar-refractivity contribution >= 4 is 60.0 Å². The van der Waals surface area contributed by atoms with Crippen molar-refractivity contribution < 1.29 is 22.0 Å². The molecule has 0 spiro atoms. The number of halogens is 1. The van der Waals surface area contributed by atoms with Crippen molar-refractivity contribution in [2.24, 2.45) is 0 Å². The van der Waals surface area contributed by atoms with Crippen LogP contribution in [0.1, 0.15) is 15.9 Å². The average Bonchev–Trinajstić information content (AvgIpc) is 3.59. The standard InChI is InChI=1S/C33H26FN5O4S/c1-18-8-10-19(11-9-18)32-30(33(40)35-2)22-14-21(27(16-29(22)43-32)38(3)44(4,41)42)24-12-13-25-31(37-24)28-15-20-23(34)6-5-7-26(20)39(28)17-36-25/h5-17H,1-4H3,(H,35,40). The van der Waals surface area contributed by atoms with Crippen LogP contribution in [0.25, 0.3) is 61.0 Å². The number of hydrogen-bond acceptors (Lipinski definition) is 6. The minimum absolute atomic E-state index is 0.311. The lowest BCUT2D eigenvalue weighted by Gasteiger charge is -2.20. The molecule has 1 N–H and O–H groups in total. The molecule has 0 aliphatic carbocycles. The molecule has 0 fully saturated rings. The van der Waals surface area contributed by atoms with E-state index in [0.717, 1.165) is 16.1 Å². The maximum Gasteiger partial charge on any atom is 0.255 e. The van der Waals surface area contributed by atoms with Crippen molar-refractivity contribution in [3.63, 3.8) is 0 Å². The number of pyridine rings is 1. The van der Waals surface area contributed by atoms with Crippen LogP contribution in [0.4, 0.5) is 10.1 Å². The third-order valence-corrected chi connectivity index (χ3v) is 9.14. The van der Waals surface area contributed by atoms with Crippen molar-refractivity contribution in [3.05, 3.63) is 96.1 Å². The fourth-order valence-corrected chi connectivity index (χ4v) is 6.08. The lowest BCUT2D eigenvalue weighted by Crippen LogP contribution is -2.25. The van der Waals surface area contributed by atoms with Gasteiger partial charge in [-0.15, -0.1) is 0 Å². The molecule has 0 radical (unpaired) electrons. The Hall–Kier alpha value is -5.29. The molecule has 0 saturated carbocycles. The van der Waals surface area contributed by atoms with Gasteiger partial charge in [0.25, 0.3) is 5.91 Å². The van der Waals surface area contributed by atoms with Gasteiger partial charge in [-0.3, -0.25) is 13.5 Å². The van der Waals surface area contributed by atoms with E-state index in [4.69, 9.17) is 9.40 Å². The summed E-state index contributed by atoms with van der Waals surface area (Å²) in [6, 6.07) is 21.0. The van der Waals surface area contributed by atoms with E-state index in [1.165, 1.54) is 13.1 Å². The van der Waals surface area contributed by atoms with Crippen LogP contribution >= 0.6 is 0 Å². The quantitative estimate of drug-likeness (QED) is 0.245. The summed E-state index contributed by atoms with van der Waals surface area (Å²) in [4.78, 5) is 22.8. The van der Waals surface area contributed by atoms with Crippen LogP contribution in [0.15, 0.2) is 83.5 Å². The van der Waals surface area contributed by atoms with E-state index in [2.05, 4.69) is 10.3 Å². The fourth-order valence-electron chi connectivity index (χ4n) is 5.57. The zero-order valence-corrected chi connectivity index (χ0v) is 25.0. The molecule has 7 aromatic rings. The van der Waals surface area contributed by atoms with Gasteiger partial charge in [-0.25, -0.2) is 22.8 Å². The highest BCUT2D eigenvalue weighted by Gasteiger charge is 2.26. The normalized spacial score (nSPS) is 12.0. The van der Waals surface area contributed by atoms with Crippen LogP contribution in [0.3, 0.4) is 0 Å². The van der Waals surface area contributed by atoms with Gasteiger partial charge in [0.2, 0.25) is 10.0 Å². The molecule has 4 aromatic heterocycles. The van der Waals surface area contributed by atoms with Crippen LogP contribution in [-0.4, -0.2) is 49.0 Å². The molecule has 0 bridgehead atoms. The molecule has 220 valence electrons. The first kappa shape index (κ1) is 27.5. The van der Waals surface area contributed by atoms with Gasteiger partial charge in [0.1, 0.15) is 29.0 Å². The summed E-state index contributed by atoms with van der Waals surface area (Å²) in [7, 11) is -0.716. The van der Waals surface area contributed by atoms with Gasteiger partial charge in [-0.2, -0.15) is 0 Å². The number of carbonyl (C=O) groups excluding carboxylic acids is 1. The highest BCUT2D eigenvalue weighted by molar-refractivity contribution is 7.92. The van der Waals surface area contributed by atoms with E-state index in [0.29, 0.717) is 72.3 Å². The van der Waals surface area contributed by atoms with Crippen LogP contribution < -0.4 is 9.62 Å². The number of nitrogens with zero attached hydrogens (tertiary/aromatic N) is 4. The number of sulfonamides is 1. The molecule has 3 aromatic carbocycles. The molecule has 0 atom stereocenters. The van der Waals surface area contributed by atoms with Crippen molar-refractivity contribution in [1.82, 2.24) is 19.7 Å². The number of aryl methyl sites for hydroxylation is 1. The Bertz CT molecular complexity index is 2410. The topological polar surface area (TPSA) is 110 Å². The molecule has 7 rings (SSSR count). The van der Waals surface area contributed by atoms with Gasteiger partial charge in [0.05, 0.1) is 39.8 Å². The molecule has 0 aliphatic rings. The van der Waals surface area contributed by atoms with E-state index in [1.807, 2.05) is 31.2 Å². The fraction of sp³-hybridized carbons (Fsp3) is 0.121. The average molecular weight is 608 g/mol. The number of benzene rings is 3. The lowest BCUT2D eigenvalue weighted by atomic mass is 10.00. The highest BCUT2D eigenvalue weighted by atomic mass is 32.2. The van der Waals surface area contributed by atoms with Crippen LogP contribution in [-0.2, 0) is 10.0 Å². The molecule has 0 aliphatic heterocycles. The first-order chi connectivity index (χ1) is 21.0. The molecule has 1 amide bonds. The Morgan fingerprint density at radius 2 is 1.77 bits per heavy atom. The van der Waals surface area contributed by atoms with E-state index >= 15 is 0 Å². The van der Waals surface area contributed by atoms with Crippen LogP contribution in [0.2, 0.25) is 0 Å². The number of fused-ring (bicyclic) bond motifs is 6. The minimum Gasteiger partial charge on any atom is -0.455 e. The Labute approximate surface area is 251 Å². The van der Waals surface area contributed by atoms with Gasteiger partial charge in [0.15, 0.2) is 0 Å². The Balaban J connectivity index is 1.54. The first-order valence-corrected chi connectivity index (χ1v) is 15.6. The smallest absolute Gasteiger partial charge is 0.255 e. The molecule has 44 heavy (non-hydrogen) atoms. The number of furan rings is 1. The minimum atomic E-state index is -3.71. The molecule has 0 unspecified atom stereocenters. The summed E-state index contributed by atoms with van der Waals surface area (Å²) in [5, 5.41) is 3.63. The maximum atomic E-state index is 14.7. The van der Waals surface area contributed by atoms with Crippen LogP contribution in [0, 0.1) is 12.7 Å². The lowest BCUT2D eigenvalue weighted by molar-refractivity contribution is 0.0964. The Morgan fingerprint density at radius 3 is 2.50 bits per heavy atom. The number of anilines is 1. The molecule has 0 saturated heterocycles. The largest absolute Gasteiger partial charge is 0.455 e. The number of rotatable bonds is 5. The number of amides is 1. The maximum absolute atomic E-state index is 14.7. The summed E-state index contributed by atoms with van der Waals surface area (Å²) in [5.74, 6) is -0.346. The summed E-state index contributed by atoms with van der Waals surface area (Å²) < 4.78 is 49.5. The molecular formula is C33H26FN5O4S. The SMILES string of the molecule is CNC(=O)c1c(-c2ccc(C)cc2)oc2cc(N(C)S(C)(=O)=O)c(-c3ccc4ncn5c6cccc(F)c6cc5c4n3)cc12. The molecule has 9 nitrogen and oxygen atoms in total. The van der Waals surface area contributed by atoms with Crippen molar-refractivity contribution in [2.45, 2.75) is 6.92 Å². The zero-order chi connectivity index (χ0) is 30.9. The zero-order valence-electron chi connectivity index (χ0n) is 24.2. The number of carbonyl (C=O) groups is 1. The molecule has 4 heterocycles. The predicted molar refractivity (Wildman–Crippen MR) is 170 cm³/mol. The third kappa shape index (κ3) is 4.27. The Kier molecular flexibility index (Phi) is 6.19. The van der Waals surface area contributed by atoms with E-state index in [-0.39, 0.29) is 11.7 Å². The Morgan fingerprint density at radius 1 is 1.00 bits per heavy atom. The van der Waals surface area contributed by atoms with Gasteiger partial charge in [0, 0.05) is 42.1 Å². The second-order valence-electron chi connectivity index (χ2n) is 10.7. The van der Waals surface area contributed by atoms with E-state index in [9.17, 15) is 17.6 Å². The molecular weight excluding hydrogens is 581 g/mol. The summed E-state index contributed by atoms with van der Waals surface area (Å²) in [6.45, 7) is 1.97. The number of hydrogen-bond donors (Lipinski definition) is 1. The second-order valence-corrected chi connectivity index (χ2v) is 12.7. The second kappa shape index (κ2) is 9.88.